The lowest BCUT2D eigenvalue weighted by Gasteiger charge is -2.39. The zero-order chi connectivity index (χ0) is 8.44. The highest BCUT2D eigenvalue weighted by molar-refractivity contribution is 4.81. The van der Waals surface area contributed by atoms with E-state index in [1.165, 1.54) is 51.9 Å². The molecular weight excluding hydrogens is 148 g/mol. The van der Waals surface area contributed by atoms with Gasteiger partial charge < -0.3 is 10.2 Å². The van der Waals surface area contributed by atoms with Crippen molar-refractivity contribution in [3.8, 4) is 0 Å². The van der Waals surface area contributed by atoms with E-state index in [2.05, 4.69) is 12.4 Å². The number of rotatable bonds is 0. The third kappa shape index (κ3) is 1.64. The lowest BCUT2D eigenvalue weighted by atomic mass is 9.74. The fourth-order valence-corrected chi connectivity index (χ4v) is 3.10. The minimum Gasteiger partial charge on any atom is -0.346 e. The van der Waals surface area contributed by atoms with E-state index in [-0.39, 0.29) is 0 Å². The third-order valence-corrected chi connectivity index (χ3v) is 3.68. The van der Waals surface area contributed by atoms with E-state index < -0.39 is 0 Å². The SMILES string of the molecule is C[NH+]1CCC[C@@]2(CCC[NH2+]C2)C1. The van der Waals surface area contributed by atoms with E-state index in [4.69, 9.17) is 0 Å². The second-order valence-electron chi connectivity index (χ2n) is 4.87. The highest BCUT2D eigenvalue weighted by atomic mass is 15.1. The second-order valence-corrected chi connectivity index (χ2v) is 4.87. The summed E-state index contributed by atoms with van der Waals surface area (Å²) in [4.78, 5) is 1.76. The van der Waals surface area contributed by atoms with E-state index >= 15 is 0 Å². The largest absolute Gasteiger partial charge is 0.346 e. The van der Waals surface area contributed by atoms with Crippen molar-refractivity contribution < 1.29 is 10.2 Å². The molecular formula is C10H22N2+2. The zero-order valence-electron chi connectivity index (χ0n) is 8.23. The van der Waals surface area contributed by atoms with Gasteiger partial charge in [-0.25, -0.2) is 0 Å². The highest BCUT2D eigenvalue weighted by Gasteiger charge is 2.40. The molecule has 2 heterocycles. The molecule has 0 bridgehead atoms. The number of likely N-dealkylation sites (tertiary alicyclic amines) is 1. The molecule has 3 N–H and O–H groups in total. The summed E-state index contributed by atoms with van der Waals surface area (Å²) >= 11 is 0. The third-order valence-electron chi connectivity index (χ3n) is 3.68. The van der Waals surface area contributed by atoms with Crippen LogP contribution in [0.25, 0.3) is 0 Å². The number of nitrogens with two attached hydrogens (primary N) is 1. The Morgan fingerprint density at radius 2 is 2.08 bits per heavy atom. The first-order valence-corrected chi connectivity index (χ1v) is 5.44. The molecule has 2 aliphatic heterocycles. The number of hydrogen-bond acceptors (Lipinski definition) is 0. The van der Waals surface area contributed by atoms with E-state index in [0.717, 1.165) is 5.41 Å². The van der Waals surface area contributed by atoms with E-state index in [1.54, 1.807) is 4.90 Å². The van der Waals surface area contributed by atoms with Gasteiger partial charge in [0.1, 0.15) is 0 Å². The van der Waals surface area contributed by atoms with Crippen molar-refractivity contribution in [2.24, 2.45) is 5.41 Å². The van der Waals surface area contributed by atoms with Gasteiger partial charge in [-0.1, -0.05) is 0 Å². The van der Waals surface area contributed by atoms with Crippen LogP contribution in [0, 0.1) is 5.41 Å². The van der Waals surface area contributed by atoms with Gasteiger partial charge in [-0.05, 0) is 25.7 Å². The van der Waals surface area contributed by atoms with Crippen molar-refractivity contribution in [3.63, 3.8) is 0 Å². The maximum absolute atomic E-state index is 2.53. The normalized spacial score (nSPS) is 43.2. The van der Waals surface area contributed by atoms with Gasteiger partial charge in [0, 0.05) is 0 Å². The molecule has 2 nitrogen and oxygen atoms in total. The van der Waals surface area contributed by atoms with Crippen molar-refractivity contribution in [3.05, 3.63) is 0 Å². The van der Waals surface area contributed by atoms with Crippen molar-refractivity contribution >= 4 is 0 Å². The van der Waals surface area contributed by atoms with E-state index in [1.807, 2.05) is 0 Å². The Balaban J connectivity index is 1.97. The number of hydrogen-bond donors (Lipinski definition) is 2. The molecule has 70 valence electrons. The van der Waals surface area contributed by atoms with Crippen LogP contribution in [0.4, 0.5) is 0 Å². The minimum atomic E-state index is 0.737. The lowest BCUT2D eigenvalue weighted by Crippen LogP contribution is -3.12. The molecule has 1 unspecified atom stereocenters. The van der Waals surface area contributed by atoms with Crippen molar-refractivity contribution in [2.45, 2.75) is 25.7 Å². The molecule has 0 aliphatic carbocycles. The second kappa shape index (κ2) is 3.35. The number of nitrogens with one attached hydrogen (secondary N) is 1. The fourth-order valence-electron chi connectivity index (χ4n) is 3.10. The molecule has 2 rings (SSSR count). The van der Waals surface area contributed by atoms with Crippen molar-refractivity contribution in [1.29, 1.82) is 0 Å². The van der Waals surface area contributed by atoms with Crippen LogP contribution in [-0.2, 0) is 0 Å². The summed E-state index contributed by atoms with van der Waals surface area (Å²) in [5.41, 5.74) is 0.737. The van der Waals surface area contributed by atoms with E-state index in [0.29, 0.717) is 0 Å². The molecule has 2 saturated heterocycles. The summed E-state index contributed by atoms with van der Waals surface area (Å²) in [7, 11) is 2.36. The van der Waals surface area contributed by atoms with Gasteiger partial charge >= 0.3 is 0 Å². The Bertz CT molecular complexity index is 144. The molecule has 2 fully saturated rings. The van der Waals surface area contributed by atoms with Gasteiger partial charge in [0.05, 0.1) is 38.6 Å². The molecule has 2 aliphatic rings. The van der Waals surface area contributed by atoms with Gasteiger partial charge in [-0.15, -0.1) is 0 Å². The molecule has 1 spiro atoms. The Kier molecular flexibility index (Phi) is 2.37. The van der Waals surface area contributed by atoms with Crippen LogP contribution < -0.4 is 10.2 Å². The lowest BCUT2D eigenvalue weighted by molar-refractivity contribution is -0.897. The predicted molar refractivity (Wildman–Crippen MR) is 49.2 cm³/mol. The van der Waals surface area contributed by atoms with Crippen LogP contribution in [0.5, 0.6) is 0 Å². The molecule has 0 amide bonds. The van der Waals surface area contributed by atoms with Gasteiger partial charge in [-0.2, -0.15) is 0 Å². The molecule has 0 radical (unpaired) electrons. The van der Waals surface area contributed by atoms with Crippen LogP contribution in [0.1, 0.15) is 25.7 Å². The zero-order valence-corrected chi connectivity index (χ0v) is 8.23. The molecule has 0 aromatic rings. The van der Waals surface area contributed by atoms with Crippen LogP contribution in [0.2, 0.25) is 0 Å². The van der Waals surface area contributed by atoms with Gasteiger partial charge in [0.15, 0.2) is 0 Å². The van der Waals surface area contributed by atoms with Crippen LogP contribution in [0.3, 0.4) is 0 Å². The summed E-state index contributed by atoms with van der Waals surface area (Å²) in [6, 6.07) is 0. The predicted octanol–water partition coefficient (Wildman–Crippen LogP) is -1.36. The first-order chi connectivity index (χ1) is 5.81. The number of piperidine rings is 2. The summed E-state index contributed by atoms with van der Waals surface area (Å²) in [6.45, 7) is 5.62. The van der Waals surface area contributed by atoms with Crippen LogP contribution in [-0.4, -0.2) is 33.2 Å². The molecule has 12 heavy (non-hydrogen) atoms. The topological polar surface area (TPSA) is 21.1 Å². The summed E-state index contributed by atoms with van der Waals surface area (Å²) in [5, 5.41) is 2.53. The Labute approximate surface area is 75.3 Å². The summed E-state index contributed by atoms with van der Waals surface area (Å²) < 4.78 is 0. The molecule has 0 aromatic carbocycles. The minimum absolute atomic E-state index is 0.737. The Hall–Kier alpha value is -0.0800. The fraction of sp³-hybridized carbons (Fsp3) is 1.00. The monoisotopic (exact) mass is 170 g/mol. The van der Waals surface area contributed by atoms with Crippen molar-refractivity contribution in [1.82, 2.24) is 0 Å². The smallest absolute Gasteiger partial charge is 0.0880 e. The molecule has 0 saturated carbocycles. The number of quaternary nitrogens is 2. The van der Waals surface area contributed by atoms with Gasteiger partial charge in [-0.3, -0.25) is 0 Å². The maximum Gasteiger partial charge on any atom is 0.0880 e. The van der Waals surface area contributed by atoms with Gasteiger partial charge in [0.25, 0.3) is 0 Å². The quantitative estimate of drug-likeness (QED) is 0.448. The van der Waals surface area contributed by atoms with Crippen LogP contribution in [0.15, 0.2) is 0 Å². The first-order valence-electron chi connectivity index (χ1n) is 5.44. The average Bonchev–Trinajstić information content (AvgIpc) is 2.05. The van der Waals surface area contributed by atoms with Gasteiger partial charge in [0.2, 0.25) is 0 Å². The first kappa shape index (κ1) is 8.52. The summed E-state index contributed by atoms with van der Waals surface area (Å²) in [6.07, 6.45) is 5.91. The van der Waals surface area contributed by atoms with Crippen molar-refractivity contribution in [2.75, 3.05) is 33.2 Å². The van der Waals surface area contributed by atoms with E-state index in [9.17, 15) is 0 Å². The average molecular weight is 170 g/mol. The highest BCUT2D eigenvalue weighted by Crippen LogP contribution is 2.29. The Morgan fingerprint density at radius 1 is 1.25 bits per heavy atom. The molecule has 2 atom stereocenters. The standard InChI is InChI=1S/C10H20N2/c1-12-7-3-5-10(9-12)4-2-6-11-8-10/h11H,2-9H2,1H3/p+2/t10-/m1/s1. The Morgan fingerprint density at radius 3 is 2.75 bits per heavy atom. The maximum atomic E-state index is 2.53. The molecule has 0 aromatic heterocycles. The molecule has 2 heteroatoms. The van der Waals surface area contributed by atoms with Crippen LogP contribution >= 0.6 is 0 Å². The summed E-state index contributed by atoms with van der Waals surface area (Å²) in [5.74, 6) is 0.